The van der Waals surface area contributed by atoms with Crippen molar-refractivity contribution in [1.29, 1.82) is 0 Å². The molecule has 1 aliphatic carbocycles. The van der Waals surface area contributed by atoms with Crippen molar-refractivity contribution in [2.45, 2.75) is 88.9 Å². The summed E-state index contributed by atoms with van der Waals surface area (Å²) in [5.74, 6) is 1.75. The number of aromatic nitrogens is 2. The molecular formula is C32H45N7O4. The molecule has 232 valence electrons. The van der Waals surface area contributed by atoms with Crippen molar-refractivity contribution in [3.8, 4) is 5.75 Å². The second-order valence-corrected chi connectivity index (χ2v) is 12.4. The largest absolute Gasteiger partial charge is 0.489 e. The second-order valence-electron chi connectivity index (χ2n) is 12.4. The molecule has 1 saturated carbocycles. The number of carbonyl (C=O) groups excluding carboxylic acids is 2. The lowest BCUT2D eigenvalue weighted by Crippen LogP contribution is -2.55. The number of likely N-dealkylation sites (tertiary alicyclic amines) is 1. The summed E-state index contributed by atoms with van der Waals surface area (Å²) in [4.78, 5) is 42.3. The van der Waals surface area contributed by atoms with Crippen molar-refractivity contribution in [1.82, 2.24) is 20.2 Å². The summed E-state index contributed by atoms with van der Waals surface area (Å²) in [6.45, 7) is 5.16. The average Bonchev–Trinajstić information content (AvgIpc) is 3.74. The molecule has 6 rings (SSSR count). The molecule has 4 heterocycles. The average molecular weight is 592 g/mol. The third-order valence-corrected chi connectivity index (χ3v) is 9.40. The minimum atomic E-state index is -0.240. The fourth-order valence-electron chi connectivity index (χ4n) is 6.83. The van der Waals surface area contributed by atoms with E-state index in [0.29, 0.717) is 36.0 Å². The smallest absolute Gasteiger partial charge is 0.251 e. The predicted molar refractivity (Wildman–Crippen MR) is 166 cm³/mol. The number of nitrogens with zero attached hydrogens (tertiary/aromatic N) is 5. The molecule has 2 aromatic rings. The SMILES string of the molecule is CC[C@@H]1C(=O)N(C)c2cnc(Nc3ccc(C(=O)NC4CCN(C)CC4)cc3OCC3CCCO3)nc2N1C1CCCC1. The zero-order valence-corrected chi connectivity index (χ0v) is 25.7. The molecule has 1 aromatic heterocycles. The summed E-state index contributed by atoms with van der Waals surface area (Å²) in [6.07, 6.45) is 10.8. The van der Waals surface area contributed by atoms with Crippen molar-refractivity contribution in [3.63, 3.8) is 0 Å². The molecule has 4 aliphatic rings. The van der Waals surface area contributed by atoms with Gasteiger partial charge in [-0.15, -0.1) is 0 Å². The van der Waals surface area contributed by atoms with Gasteiger partial charge in [-0.3, -0.25) is 9.59 Å². The van der Waals surface area contributed by atoms with Gasteiger partial charge in [0.15, 0.2) is 5.82 Å². The molecule has 1 aromatic carbocycles. The number of rotatable bonds is 9. The van der Waals surface area contributed by atoms with E-state index in [4.69, 9.17) is 14.5 Å². The highest BCUT2D eigenvalue weighted by molar-refractivity contribution is 6.04. The van der Waals surface area contributed by atoms with E-state index in [2.05, 4.69) is 39.4 Å². The Hall–Kier alpha value is -3.44. The van der Waals surface area contributed by atoms with Crippen LogP contribution in [0.3, 0.4) is 0 Å². The van der Waals surface area contributed by atoms with Gasteiger partial charge >= 0.3 is 0 Å². The lowest BCUT2D eigenvalue weighted by molar-refractivity contribution is -0.120. The van der Waals surface area contributed by atoms with Crippen molar-refractivity contribution in [2.24, 2.45) is 0 Å². The van der Waals surface area contributed by atoms with Crippen LogP contribution in [0.2, 0.25) is 0 Å². The lowest BCUT2D eigenvalue weighted by Gasteiger charge is -2.43. The number of benzene rings is 1. The van der Waals surface area contributed by atoms with Crippen molar-refractivity contribution in [3.05, 3.63) is 30.0 Å². The minimum Gasteiger partial charge on any atom is -0.489 e. The Labute approximate surface area is 254 Å². The summed E-state index contributed by atoms with van der Waals surface area (Å²) in [6, 6.07) is 5.68. The first-order valence-electron chi connectivity index (χ1n) is 16.0. The molecule has 2 N–H and O–H groups in total. The molecule has 0 bridgehead atoms. The topological polar surface area (TPSA) is 112 Å². The summed E-state index contributed by atoms with van der Waals surface area (Å²) < 4.78 is 12.1. The van der Waals surface area contributed by atoms with E-state index in [1.54, 1.807) is 24.2 Å². The van der Waals surface area contributed by atoms with E-state index >= 15 is 0 Å². The normalized spacial score (nSPS) is 23.5. The van der Waals surface area contributed by atoms with Crippen LogP contribution in [0.5, 0.6) is 5.75 Å². The Bertz CT molecular complexity index is 1300. The van der Waals surface area contributed by atoms with E-state index in [1.807, 2.05) is 12.1 Å². The molecule has 2 saturated heterocycles. The summed E-state index contributed by atoms with van der Waals surface area (Å²) in [5, 5.41) is 6.57. The van der Waals surface area contributed by atoms with Gasteiger partial charge in [-0.25, -0.2) is 4.98 Å². The molecule has 0 spiro atoms. The number of hydrogen-bond acceptors (Lipinski definition) is 9. The molecule has 43 heavy (non-hydrogen) atoms. The standard InChI is InChI=1S/C32H45N7O4/c1-4-26-31(41)38(3)27-19-33-32(36-29(27)39(26)23-8-5-6-9-23)35-25-12-11-21(18-28(25)43-20-24-10-7-17-42-24)30(40)34-22-13-15-37(2)16-14-22/h11-12,18-19,22-24,26H,4-10,13-17,20H2,1-3H3,(H,34,40)(H,33,35,36)/t24?,26-/m1/s1. The van der Waals surface area contributed by atoms with Crippen molar-refractivity contribution < 1.29 is 19.1 Å². The van der Waals surface area contributed by atoms with Gasteiger partial charge in [0.1, 0.15) is 24.1 Å². The number of carbonyl (C=O) groups is 2. The number of amides is 2. The van der Waals surface area contributed by atoms with Crippen LogP contribution in [0.25, 0.3) is 0 Å². The van der Waals surface area contributed by atoms with Gasteiger partial charge in [-0.2, -0.15) is 4.98 Å². The monoisotopic (exact) mass is 591 g/mol. The summed E-state index contributed by atoms with van der Waals surface area (Å²) >= 11 is 0. The lowest BCUT2D eigenvalue weighted by atomic mass is 10.0. The van der Waals surface area contributed by atoms with Gasteiger partial charge in [-0.05, 0) is 83.3 Å². The third-order valence-electron chi connectivity index (χ3n) is 9.40. The molecule has 2 atom stereocenters. The van der Waals surface area contributed by atoms with Crippen molar-refractivity contribution >= 4 is 35.0 Å². The fourth-order valence-corrected chi connectivity index (χ4v) is 6.83. The second kappa shape index (κ2) is 13.1. The van der Waals surface area contributed by atoms with Gasteiger partial charge in [0.25, 0.3) is 5.91 Å². The van der Waals surface area contributed by atoms with E-state index in [9.17, 15) is 9.59 Å². The Morgan fingerprint density at radius 3 is 2.60 bits per heavy atom. The van der Waals surface area contributed by atoms with Gasteiger partial charge < -0.3 is 34.8 Å². The van der Waals surface area contributed by atoms with Crippen LogP contribution in [0.1, 0.15) is 75.1 Å². The first kappa shape index (κ1) is 29.6. The number of anilines is 4. The molecule has 3 fully saturated rings. The number of hydrogen-bond donors (Lipinski definition) is 2. The van der Waals surface area contributed by atoms with E-state index in [0.717, 1.165) is 82.6 Å². The molecule has 1 unspecified atom stereocenters. The number of fused-ring (bicyclic) bond motifs is 1. The molecule has 11 nitrogen and oxygen atoms in total. The van der Waals surface area contributed by atoms with Crippen molar-refractivity contribution in [2.75, 3.05) is 55.5 Å². The molecule has 11 heteroatoms. The maximum atomic E-state index is 13.3. The van der Waals surface area contributed by atoms with Crippen LogP contribution in [0.15, 0.2) is 24.4 Å². The van der Waals surface area contributed by atoms with Crippen LogP contribution >= 0.6 is 0 Å². The molecular weight excluding hydrogens is 546 g/mol. The number of likely N-dealkylation sites (N-methyl/N-ethyl adjacent to an activating group) is 1. The zero-order valence-electron chi connectivity index (χ0n) is 25.7. The Morgan fingerprint density at radius 2 is 1.88 bits per heavy atom. The third kappa shape index (κ3) is 6.43. The van der Waals surface area contributed by atoms with Gasteiger partial charge in [-0.1, -0.05) is 19.8 Å². The molecule has 3 aliphatic heterocycles. The maximum absolute atomic E-state index is 13.3. The first-order valence-corrected chi connectivity index (χ1v) is 16.0. The molecule has 0 radical (unpaired) electrons. The van der Waals surface area contributed by atoms with Crippen LogP contribution in [0.4, 0.5) is 23.1 Å². The van der Waals surface area contributed by atoms with Crippen LogP contribution in [-0.4, -0.2) is 91.3 Å². The van der Waals surface area contributed by atoms with E-state index < -0.39 is 0 Å². The fraction of sp³-hybridized carbons (Fsp3) is 0.625. The first-order chi connectivity index (χ1) is 20.9. The van der Waals surface area contributed by atoms with Gasteiger partial charge in [0.2, 0.25) is 11.9 Å². The van der Waals surface area contributed by atoms with E-state index in [1.165, 1.54) is 0 Å². The van der Waals surface area contributed by atoms with Crippen LogP contribution < -0.4 is 25.2 Å². The maximum Gasteiger partial charge on any atom is 0.251 e. The number of piperidine rings is 1. The molecule has 2 amide bonds. The quantitative estimate of drug-likeness (QED) is 0.445. The highest BCUT2D eigenvalue weighted by Gasteiger charge is 2.41. The Morgan fingerprint density at radius 1 is 1.09 bits per heavy atom. The summed E-state index contributed by atoms with van der Waals surface area (Å²) in [7, 11) is 3.92. The number of ether oxygens (including phenoxy) is 2. The van der Waals surface area contributed by atoms with Crippen LogP contribution in [-0.2, 0) is 9.53 Å². The van der Waals surface area contributed by atoms with Gasteiger partial charge in [0.05, 0.1) is 18.0 Å². The van der Waals surface area contributed by atoms with Gasteiger partial charge in [0, 0.05) is 31.3 Å². The summed E-state index contributed by atoms with van der Waals surface area (Å²) in [5.41, 5.74) is 1.95. The Kier molecular flexibility index (Phi) is 8.99. The van der Waals surface area contributed by atoms with E-state index in [-0.39, 0.29) is 36.0 Å². The predicted octanol–water partition coefficient (Wildman–Crippen LogP) is 4.11. The Balaban J connectivity index is 1.26. The highest BCUT2D eigenvalue weighted by Crippen LogP contribution is 2.40. The zero-order chi connectivity index (χ0) is 29.9. The minimum absolute atomic E-state index is 0.0311. The van der Waals surface area contributed by atoms with Crippen LogP contribution in [0, 0.1) is 0 Å². The highest BCUT2D eigenvalue weighted by atomic mass is 16.5. The number of nitrogens with one attached hydrogen (secondary N) is 2.